The lowest BCUT2D eigenvalue weighted by atomic mass is 10.3. The third-order valence-electron chi connectivity index (χ3n) is 2.15. The van der Waals surface area contributed by atoms with E-state index in [4.69, 9.17) is 5.73 Å². The van der Waals surface area contributed by atoms with E-state index in [1.807, 2.05) is 0 Å². The predicted octanol–water partition coefficient (Wildman–Crippen LogP) is 0.732. The number of hydrogen-bond acceptors (Lipinski definition) is 2. The average Bonchev–Trinajstić information content (AvgIpc) is 2.47. The van der Waals surface area contributed by atoms with Crippen LogP contribution in [-0.2, 0) is 6.54 Å². The summed E-state index contributed by atoms with van der Waals surface area (Å²) in [7, 11) is 0. The summed E-state index contributed by atoms with van der Waals surface area (Å²) in [5.41, 5.74) is 4.33. The van der Waals surface area contributed by atoms with Crippen LogP contribution in [0.1, 0.15) is 13.0 Å². The van der Waals surface area contributed by atoms with Crippen LogP contribution in [-0.4, -0.2) is 21.9 Å². The van der Waals surface area contributed by atoms with Gasteiger partial charge in [-0.15, -0.1) is 0 Å². The molecule has 0 aliphatic heterocycles. The van der Waals surface area contributed by atoms with E-state index in [1.165, 1.54) is 10.8 Å². The summed E-state index contributed by atoms with van der Waals surface area (Å²) in [5.74, 6) is 0. The zero-order valence-corrected chi connectivity index (χ0v) is 8.16. The van der Waals surface area contributed by atoms with Crippen LogP contribution in [0.5, 0.6) is 0 Å². The van der Waals surface area contributed by atoms with Gasteiger partial charge in [0.2, 0.25) is 0 Å². The molecule has 4 nitrogen and oxygen atoms in total. The Morgan fingerprint density at radius 1 is 1.47 bits per heavy atom. The van der Waals surface area contributed by atoms with Crippen molar-refractivity contribution in [3.63, 3.8) is 0 Å². The Balaban J connectivity index is 3.14. The molecule has 7 heteroatoms. The molecule has 0 aliphatic carbocycles. The van der Waals surface area contributed by atoms with Crippen molar-refractivity contribution in [3.05, 3.63) is 22.9 Å². The maximum Gasteiger partial charge on any atom is 0.410 e. The first-order valence-corrected chi connectivity index (χ1v) is 4.45. The Morgan fingerprint density at radius 2 is 2.07 bits per heavy atom. The molecule has 1 unspecified atom stereocenters. The predicted molar refractivity (Wildman–Crippen MR) is 48.5 cm³/mol. The molecule has 0 amide bonds. The number of rotatable bonds is 3. The average molecular weight is 223 g/mol. The molecule has 0 fully saturated rings. The molecule has 1 atom stereocenters. The number of nitrogens with two attached hydrogens (primary N) is 1. The second-order valence-electron chi connectivity index (χ2n) is 3.07. The van der Waals surface area contributed by atoms with Gasteiger partial charge in [0.25, 0.3) is 0 Å². The Labute approximate surface area is 84.1 Å². The standard InChI is InChI=1S/C8H12F3N3O/c1-2-13-3-4-14(7(13)15)6(5-12)8(9,10)11/h3-4,6H,2,5,12H2,1H3. The van der Waals surface area contributed by atoms with Crippen LogP contribution in [0, 0.1) is 0 Å². The van der Waals surface area contributed by atoms with Crippen molar-refractivity contribution in [2.45, 2.75) is 25.7 Å². The minimum atomic E-state index is -4.50. The lowest BCUT2D eigenvalue weighted by Crippen LogP contribution is -2.39. The van der Waals surface area contributed by atoms with Crippen molar-refractivity contribution in [1.82, 2.24) is 9.13 Å². The van der Waals surface area contributed by atoms with Gasteiger partial charge in [-0.3, -0.25) is 9.13 Å². The van der Waals surface area contributed by atoms with Gasteiger partial charge in [0.05, 0.1) is 0 Å². The van der Waals surface area contributed by atoms with Crippen LogP contribution in [0.15, 0.2) is 17.2 Å². The summed E-state index contributed by atoms with van der Waals surface area (Å²) in [6, 6.07) is -1.95. The highest BCUT2D eigenvalue weighted by Gasteiger charge is 2.40. The highest BCUT2D eigenvalue weighted by molar-refractivity contribution is 4.88. The summed E-state index contributed by atoms with van der Waals surface area (Å²) in [6.45, 7) is 1.37. The molecular formula is C8H12F3N3O. The maximum absolute atomic E-state index is 12.5. The molecule has 1 aromatic rings. The molecule has 0 saturated heterocycles. The second kappa shape index (κ2) is 4.09. The van der Waals surface area contributed by atoms with Gasteiger partial charge in [0.15, 0.2) is 0 Å². The molecule has 0 saturated carbocycles. The number of halogens is 3. The van der Waals surface area contributed by atoms with Crippen LogP contribution < -0.4 is 11.4 Å². The van der Waals surface area contributed by atoms with E-state index in [1.54, 1.807) is 6.92 Å². The number of aryl methyl sites for hydroxylation is 1. The van der Waals surface area contributed by atoms with Gasteiger partial charge in [-0.05, 0) is 6.92 Å². The van der Waals surface area contributed by atoms with E-state index in [0.29, 0.717) is 11.1 Å². The van der Waals surface area contributed by atoms with Gasteiger partial charge >= 0.3 is 11.9 Å². The highest BCUT2D eigenvalue weighted by Crippen LogP contribution is 2.28. The van der Waals surface area contributed by atoms with Crippen LogP contribution in [0.4, 0.5) is 13.2 Å². The Bertz CT molecular complexity index is 379. The van der Waals surface area contributed by atoms with Gasteiger partial charge in [-0.1, -0.05) is 0 Å². The van der Waals surface area contributed by atoms with Crippen molar-refractivity contribution in [3.8, 4) is 0 Å². The van der Waals surface area contributed by atoms with Crippen molar-refractivity contribution in [2.75, 3.05) is 6.54 Å². The maximum atomic E-state index is 12.5. The second-order valence-corrected chi connectivity index (χ2v) is 3.07. The Kier molecular flexibility index (Phi) is 3.23. The van der Waals surface area contributed by atoms with Gasteiger partial charge < -0.3 is 5.73 Å². The third-order valence-corrected chi connectivity index (χ3v) is 2.15. The molecular weight excluding hydrogens is 211 g/mol. The molecule has 15 heavy (non-hydrogen) atoms. The molecule has 2 N–H and O–H groups in total. The fraction of sp³-hybridized carbons (Fsp3) is 0.625. The monoisotopic (exact) mass is 223 g/mol. The number of hydrogen-bond donors (Lipinski definition) is 1. The van der Waals surface area contributed by atoms with Crippen molar-refractivity contribution in [2.24, 2.45) is 5.73 Å². The first-order valence-electron chi connectivity index (χ1n) is 4.45. The van der Waals surface area contributed by atoms with E-state index in [9.17, 15) is 18.0 Å². The van der Waals surface area contributed by atoms with E-state index in [0.717, 1.165) is 6.20 Å². The van der Waals surface area contributed by atoms with E-state index in [-0.39, 0.29) is 0 Å². The van der Waals surface area contributed by atoms with E-state index >= 15 is 0 Å². The van der Waals surface area contributed by atoms with Gasteiger partial charge in [-0.25, -0.2) is 4.79 Å². The van der Waals surface area contributed by atoms with E-state index < -0.39 is 24.5 Å². The fourth-order valence-electron chi connectivity index (χ4n) is 1.31. The quantitative estimate of drug-likeness (QED) is 0.821. The molecule has 86 valence electrons. The first kappa shape index (κ1) is 11.8. The Hall–Kier alpha value is -1.24. The van der Waals surface area contributed by atoms with E-state index in [2.05, 4.69) is 0 Å². The summed E-state index contributed by atoms with van der Waals surface area (Å²) in [4.78, 5) is 11.4. The highest BCUT2D eigenvalue weighted by atomic mass is 19.4. The molecule has 1 rings (SSSR count). The van der Waals surface area contributed by atoms with Gasteiger partial charge in [0.1, 0.15) is 6.04 Å². The lowest BCUT2D eigenvalue weighted by Gasteiger charge is -2.18. The number of nitrogens with zero attached hydrogens (tertiary/aromatic N) is 2. The number of alkyl halides is 3. The van der Waals surface area contributed by atoms with Crippen molar-refractivity contribution < 1.29 is 13.2 Å². The summed E-state index contributed by atoms with van der Waals surface area (Å²) >= 11 is 0. The van der Waals surface area contributed by atoms with Gasteiger partial charge in [-0.2, -0.15) is 13.2 Å². The summed E-state index contributed by atoms with van der Waals surface area (Å²) in [6.07, 6.45) is -2.08. The van der Waals surface area contributed by atoms with Crippen LogP contribution >= 0.6 is 0 Å². The summed E-state index contributed by atoms with van der Waals surface area (Å²) < 4.78 is 39.2. The topological polar surface area (TPSA) is 52.9 Å². The molecule has 1 aromatic heterocycles. The van der Waals surface area contributed by atoms with Crippen molar-refractivity contribution in [1.29, 1.82) is 0 Å². The zero-order valence-electron chi connectivity index (χ0n) is 8.16. The minimum absolute atomic E-state index is 0.334. The lowest BCUT2D eigenvalue weighted by molar-refractivity contribution is -0.165. The molecule has 1 heterocycles. The van der Waals surface area contributed by atoms with Gasteiger partial charge in [0, 0.05) is 25.5 Å². The number of aromatic nitrogens is 2. The molecule has 0 radical (unpaired) electrons. The first-order chi connectivity index (χ1) is 6.91. The molecule has 0 aliphatic rings. The SMILES string of the molecule is CCn1ccn(C(CN)C(F)(F)F)c1=O. The third kappa shape index (κ3) is 2.23. The van der Waals surface area contributed by atoms with Crippen LogP contribution in [0.2, 0.25) is 0 Å². The molecule has 0 spiro atoms. The van der Waals surface area contributed by atoms with Crippen LogP contribution in [0.3, 0.4) is 0 Å². The minimum Gasteiger partial charge on any atom is -0.328 e. The molecule has 0 bridgehead atoms. The van der Waals surface area contributed by atoms with Crippen molar-refractivity contribution >= 4 is 0 Å². The fourth-order valence-corrected chi connectivity index (χ4v) is 1.31. The number of imidazole rings is 1. The Morgan fingerprint density at radius 3 is 2.40 bits per heavy atom. The molecule has 0 aromatic carbocycles. The normalized spacial score (nSPS) is 14.2. The zero-order chi connectivity index (χ0) is 11.6. The largest absolute Gasteiger partial charge is 0.410 e. The van der Waals surface area contributed by atoms with Crippen LogP contribution in [0.25, 0.3) is 0 Å². The smallest absolute Gasteiger partial charge is 0.328 e. The summed E-state index contributed by atoms with van der Waals surface area (Å²) in [5, 5.41) is 0.